The van der Waals surface area contributed by atoms with E-state index in [9.17, 15) is 4.79 Å². The monoisotopic (exact) mass is 270 g/mol. The van der Waals surface area contributed by atoms with Gasteiger partial charge in [-0.05, 0) is 0 Å². The van der Waals surface area contributed by atoms with Gasteiger partial charge in [-0.2, -0.15) is 0 Å². The fourth-order valence-electron chi connectivity index (χ4n) is 0.982. The van der Waals surface area contributed by atoms with Crippen LogP contribution in [0.2, 0.25) is 0 Å². The molecule has 0 unspecified atom stereocenters. The van der Waals surface area contributed by atoms with Crippen molar-refractivity contribution < 1.29 is 9.53 Å². The average Bonchev–Trinajstić information content (AvgIpc) is 2.07. The van der Waals surface area contributed by atoms with E-state index in [-0.39, 0.29) is 5.91 Å². The first-order chi connectivity index (χ1) is 5.34. The molecule has 0 aromatic carbocycles. The Balaban J connectivity index is 2.27. The Morgan fingerprint density at radius 2 is 2.18 bits per heavy atom. The van der Waals surface area contributed by atoms with Crippen molar-refractivity contribution >= 4 is 28.8 Å². The van der Waals surface area contributed by atoms with E-state index in [0.717, 1.165) is 13.1 Å². The standard InChI is InChI=1S/C6H11IN2O2/c7-8-5-6(10)9-1-3-11-4-2-9/h8H,1-5H2. The molecule has 1 heterocycles. The van der Waals surface area contributed by atoms with Gasteiger partial charge in [0, 0.05) is 36.0 Å². The minimum absolute atomic E-state index is 0.155. The third-order valence-electron chi connectivity index (χ3n) is 1.58. The molecular weight excluding hydrogens is 259 g/mol. The molecule has 1 N–H and O–H groups in total. The van der Waals surface area contributed by atoms with Crippen LogP contribution in [0.4, 0.5) is 0 Å². The SMILES string of the molecule is O=C(CNI)N1CCOCC1. The Morgan fingerprint density at radius 1 is 1.55 bits per heavy atom. The molecule has 1 amide bonds. The van der Waals surface area contributed by atoms with E-state index in [2.05, 4.69) is 3.53 Å². The van der Waals surface area contributed by atoms with Crippen LogP contribution in [0.1, 0.15) is 0 Å². The minimum atomic E-state index is 0.155. The number of nitrogens with one attached hydrogen (secondary N) is 1. The van der Waals surface area contributed by atoms with Crippen LogP contribution < -0.4 is 3.53 Å². The fraction of sp³-hybridized carbons (Fsp3) is 0.833. The number of morpholine rings is 1. The van der Waals surface area contributed by atoms with Gasteiger partial charge in [-0.25, -0.2) is 0 Å². The summed E-state index contributed by atoms with van der Waals surface area (Å²) in [6, 6.07) is 0. The second kappa shape index (κ2) is 4.89. The van der Waals surface area contributed by atoms with Gasteiger partial charge in [0.05, 0.1) is 19.8 Å². The smallest absolute Gasteiger partial charge is 0.237 e. The fourth-order valence-corrected chi connectivity index (χ4v) is 1.31. The van der Waals surface area contributed by atoms with Crippen LogP contribution in [-0.4, -0.2) is 43.7 Å². The van der Waals surface area contributed by atoms with E-state index in [0.29, 0.717) is 19.8 Å². The molecule has 1 aliphatic heterocycles. The van der Waals surface area contributed by atoms with Crippen molar-refractivity contribution in [3.05, 3.63) is 0 Å². The van der Waals surface area contributed by atoms with Crippen LogP contribution in [-0.2, 0) is 9.53 Å². The number of nitrogens with zero attached hydrogens (tertiary/aromatic N) is 1. The van der Waals surface area contributed by atoms with Crippen molar-refractivity contribution in [2.24, 2.45) is 0 Å². The topological polar surface area (TPSA) is 41.6 Å². The number of halogens is 1. The van der Waals surface area contributed by atoms with E-state index in [1.165, 1.54) is 0 Å². The zero-order valence-corrected chi connectivity index (χ0v) is 8.33. The number of hydrogen-bond donors (Lipinski definition) is 1. The first-order valence-corrected chi connectivity index (χ1v) is 4.61. The van der Waals surface area contributed by atoms with E-state index >= 15 is 0 Å². The van der Waals surface area contributed by atoms with E-state index in [1.54, 1.807) is 0 Å². The molecule has 64 valence electrons. The lowest BCUT2D eigenvalue weighted by Crippen LogP contribution is -2.43. The van der Waals surface area contributed by atoms with Gasteiger partial charge in [-0.3, -0.25) is 8.32 Å². The van der Waals surface area contributed by atoms with Crippen molar-refractivity contribution in [3.63, 3.8) is 0 Å². The van der Waals surface area contributed by atoms with E-state index in [1.807, 2.05) is 27.8 Å². The van der Waals surface area contributed by atoms with Crippen LogP contribution in [0, 0.1) is 0 Å². The molecule has 0 aromatic rings. The molecule has 0 aliphatic carbocycles. The van der Waals surface area contributed by atoms with Gasteiger partial charge in [0.2, 0.25) is 5.91 Å². The van der Waals surface area contributed by atoms with Crippen LogP contribution in [0.5, 0.6) is 0 Å². The van der Waals surface area contributed by atoms with Crippen molar-refractivity contribution in [2.75, 3.05) is 32.8 Å². The summed E-state index contributed by atoms with van der Waals surface area (Å²) >= 11 is 1.97. The molecule has 0 atom stereocenters. The molecule has 0 aromatic heterocycles. The molecule has 5 heteroatoms. The summed E-state index contributed by atoms with van der Waals surface area (Å²) in [5.74, 6) is 0.155. The van der Waals surface area contributed by atoms with Gasteiger partial charge in [0.1, 0.15) is 0 Å². The van der Waals surface area contributed by atoms with Gasteiger partial charge in [-0.15, -0.1) is 0 Å². The molecule has 1 saturated heterocycles. The summed E-state index contributed by atoms with van der Waals surface area (Å²) in [7, 11) is 0. The molecular formula is C6H11IN2O2. The van der Waals surface area contributed by atoms with Crippen LogP contribution in [0.25, 0.3) is 0 Å². The van der Waals surface area contributed by atoms with Crippen molar-refractivity contribution in [2.45, 2.75) is 0 Å². The van der Waals surface area contributed by atoms with Gasteiger partial charge in [0.15, 0.2) is 0 Å². The molecule has 4 nitrogen and oxygen atoms in total. The summed E-state index contributed by atoms with van der Waals surface area (Å²) in [4.78, 5) is 13.0. The lowest BCUT2D eigenvalue weighted by atomic mass is 10.4. The molecule has 0 radical (unpaired) electrons. The second-order valence-electron chi connectivity index (χ2n) is 2.30. The maximum atomic E-state index is 11.2. The van der Waals surface area contributed by atoms with E-state index < -0.39 is 0 Å². The summed E-state index contributed by atoms with van der Waals surface area (Å²) in [5.41, 5.74) is 0. The molecule has 0 spiro atoms. The predicted octanol–water partition coefficient (Wildman–Crippen LogP) is -0.215. The Bertz CT molecular complexity index is 137. The summed E-state index contributed by atoms with van der Waals surface area (Å²) in [6.45, 7) is 3.23. The number of ether oxygens (including phenoxy) is 1. The molecule has 1 rings (SSSR count). The highest BCUT2D eigenvalue weighted by Crippen LogP contribution is 1.96. The predicted molar refractivity (Wildman–Crippen MR) is 49.4 cm³/mol. The van der Waals surface area contributed by atoms with Crippen molar-refractivity contribution in [3.8, 4) is 0 Å². The first kappa shape index (κ1) is 9.21. The maximum Gasteiger partial charge on any atom is 0.237 e. The number of amides is 1. The molecule has 1 aliphatic rings. The number of rotatable bonds is 2. The van der Waals surface area contributed by atoms with Gasteiger partial charge >= 0.3 is 0 Å². The third-order valence-corrected chi connectivity index (χ3v) is 1.96. The largest absolute Gasteiger partial charge is 0.378 e. The van der Waals surface area contributed by atoms with Crippen molar-refractivity contribution in [1.82, 2.24) is 8.43 Å². The van der Waals surface area contributed by atoms with Gasteiger partial charge in [-0.1, -0.05) is 0 Å². The lowest BCUT2D eigenvalue weighted by Gasteiger charge is -2.26. The summed E-state index contributed by atoms with van der Waals surface area (Å²) in [5, 5.41) is 0. The third kappa shape index (κ3) is 2.92. The van der Waals surface area contributed by atoms with Gasteiger partial charge < -0.3 is 9.64 Å². The zero-order chi connectivity index (χ0) is 8.10. The van der Waals surface area contributed by atoms with Gasteiger partial charge in [0.25, 0.3) is 0 Å². The average molecular weight is 270 g/mol. The Morgan fingerprint density at radius 3 is 2.73 bits per heavy atom. The number of carbonyl (C=O) groups excluding carboxylic acids is 1. The highest BCUT2D eigenvalue weighted by Gasteiger charge is 2.15. The highest BCUT2D eigenvalue weighted by molar-refractivity contribution is 14.1. The first-order valence-electron chi connectivity index (χ1n) is 3.53. The van der Waals surface area contributed by atoms with Crippen LogP contribution >= 0.6 is 22.9 Å². The summed E-state index contributed by atoms with van der Waals surface area (Å²) in [6.07, 6.45) is 0. The normalized spacial score (nSPS) is 18.5. The Hall–Kier alpha value is 0.120. The molecule has 0 saturated carbocycles. The lowest BCUT2D eigenvalue weighted by molar-refractivity contribution is -0.133. The molecule has 11 heavy (non-hydrogen) atoms. The zero-order valence-electron chi connectivity index (χ0n) is 6.18. The number of carbonyl (C=O) groups is 1. The second-order valence-corrected chi connectivity index (χ2v) is 3.07. The van der Waals surface area contributed by atoms with E-state index in [4.69, 9.17) is 4.74 Å². The minimum Gasteiger partial charge on any atom is -0.378 e. The quantitative estimate of drug-likeness (QED) is 0.557. The Labute approximate surface area is 79.8 Å². The highest BCUT2D eigenvalue weighted by atomic mass is 127. The molecule has 0 bridgehead atoms. The number of hydrogen-bond acceptors (Lipinski definition) is 3. The van der Waals surface area contributed by atoms with Crippen LogP contribution in [0.3, 0.4) is 0 Å². The Kier molecular flexibility index (Phi) is 4.09. The molecule has 1 fully saturated rings. The van der Waals surface area contributed by atoms with Crippen molar-refractivity contribution in [1.29, 1.82) is 0 Å². The van der Waals surface area contributed by atoms with Crippen LogP contribution in [0.15, 0.2) is 0 Å². The maximum absolute atomic E-state index is 11.2. The summed E-state index contributed by atoms with van der Waals surface area (Å²) < 4.78 is 7.91.